The van der Waals surface area contributed by atoms with Crippen LogP contribution in [0, 0.1) is 11.3 Å². The second-order valence-electron chi connectivity index (χ2n) is 4.09. The molecule has 0 spiro atoms. The zero-order valence-electron chi connectivity index (χ0n) is 10.8. The molecule has 1 N–H and O–H groups in total. The van der Waals surface area contributed by atoms with E-state index in [1.165, 1.54) is 4.21 Å². The van der Waals surface area contributed by atoms with E-state index in [0.717, 1.165) is 12.2 Å². The van der Waals surface area contributed by atoms with E-state index in [1.807, 2.05) is 17.5 Å². The van der Waals surface area contributed by atoms with Gasteiger partial charge in [0.1, 0.15) is 6.07 Å². The topological polar surface area (TPSA) is 52.9 Å². The summed E-state index contributed by atoms with van der Waals surface area (Å²) in [5.41, 5.74) is 1.08. The minimum Gasteiger partial charge on any atom is -0.325 e. The van der Waals surface area contributed by atoms with Crippen LogP contribution in [-0.2, 0) is 4.79 Å². The number of thiophene rings is 1. The van der Waals surface area contributed by atoms with Gasteiger partial charge in [0.2, 0.25) is 5.91 Å². The number of amides is 1. The van der Waals surface area contributed by atoms with Crippen molar-refractivity contribution in [2.24, 2.45) is 0 Å². The van der Waals surface area contributed by atoms with Crippen LogP contribution in [0.2, 0.25) is 0 Å². The SMILES string of the molecule is N#Cc1ccccc1NC(=O)CCCSc1cccs1. The molecule has 2 rings (SSSR count). The molecule has 0 atom stereocenters. The quantitative estimate of drug-likeness (QED) is 0.645. The number of hydrogen-bond acceptors (Lipinski definition) is 4. The lowest BCUT2D eigenvalue weighted by Gasteiger charge is -2.06. The third-order valence-corrected chi connectivity index (χ3v) is 4.83. The molecule has 20 heavy (non-hydrogen) atoms. The zero-order chi connectivity index (χ0) is 14.2. The van der Waals surface area contributed by atoms with Crippen molar-refractivity contribution >= 4 is 34.7 Å². The Balaban J connectivity index is 1.74. The number of benzene rings is 1. The Morgan fingerprint density at radius 2 is 2.15 bits per heavy atom. The first kappa shape index (κ1) is 14.6. The first-order valence-corrected chi connectivity index (χ1v) is 8.11. The maximum absolute atomic E-state index is 11.8. The number of nitrogens with one attached hydrogen (secondary N) is 1. The molecule has 0 aliphatic heterocycles. The molecule has 2 aromatic rings. The van der Waals surface area contributed by atoms with Gasteiger partial charge >= 0.3 is 0 Å². The molecule has 0 aliphatic rings. The highest BCUT2D eigenvalue weighted by Crippen LogP contribution is 2.24. The fourth-order valence-corrected chi connectivity index (χ4v) is 3.46. The summed E-state index contributed by atoms with van der Waals surface area (Å²) in [5, 5.41) is 13.8. The number of rotatable bonds is 6. The van der Waals surface area contributed by atoms with Crippen molar-refractivity contribution in [1.29, 1.82) is 5.26 Å². The van der Waals surface area contributed by atoms with E-state index in [9.17, 15) is 4.79 Å². The summed E-state index contributed by atoms with van der Waals surface area (Å²) in [4.78, 5) is 11.8. The Morgan fingerprint density at radius 3 is 2.90 bits per heavy atom. The first-order valence-electron chi connectivity index (χ1n) is 6.25. The van der Waals surface area contributed by atoms with Crippen molar-refractivity contribution in [3.63, 3.8) is 0 Å². The van der Waals surface area contributed by atoms with E-state index in [1.54, 1.807) is 41.3 Å². The van der Waals surface area contributed by atoms with Gasteiger partial charge in [-0.05, 0) is 35.8 Å². The Bertz CT molecular complexity index is 603. The van der Waals surface area contributed by atoms with E-state index in [4.69, 9.17) is 5.26 Å². The summed E-state index contributed by atoms with van der Waals surface area (Å²) in [7, 11) is 0. The lowest BCUT2D eigenvalue weighted by Crippen LogP contribution is -2.12. The summed E-state index contributed by atoms with van der Waals surface area (Å²) in [6.45, 7) is 0. The van der Waals surface area contributed by atoms with Crippen LogP contribution in [0.3, 0.4) is 0 Å². The summed E-state index contributed by atoms with van der Waals surface area (Å²) >= 11 is 3.48. The second kappa shape index (κ2) is 7.73. The maximum Gasteiger partial charge on any atom is 0.224 e. The number of thioether (sulfide) groups is 1. The molecule has 1 aromatic heterocycles. The summed E-state index contributed by atoms with van der Waals surface area (Å²) in [5.74, 6) is 0.882. The van der Waals surface area contributed by atoms with Gasteiger partial charge in [0, 0.05) is 6.42 Å². The fraction of sp³-hybridized carbons (Fsp3) is 0.200. The first-order chi connectivity index (χ1) is 9.79. The van der Waals surface area contributed by atoms with Crippen LogP contribution >= 0.6 is 23.1 Å². The van der Waals surface area contributed by atoms with E-state index in [-0.39, 0.29) is 5.91 Å². The van der Waals surface area contributed by atoms with Gasteiger partial charge in [0.25, 0.3) is 0 Å². The van der Waals surface area contributed by atoms with Crippen LogP contribution < -0.4 is 5.32 Å². The van der Waals surface area contributed by atoms with E-state index >= 15 is 0 Å². The Kier molecular flexibility index (Phi) is 5.66. The number of hydrogen-bond donors (Lipinski definition) is 1. The smallest absolute Gasteiger partial charge is 0.224 e. The van der Waals surface area contributed by atoms with E-state index in [2.05, 4.69) is 17.5 Å². The van der Waals surface area contributed by atoms with Gasteiger partial charge in [-0.1, -0.05) is 18.2 Å². The minimum absolute atomic E-state index is 0.0421. The van der Waals surface area contributed by atoms with E-state index in [0.29, 0.717) is 17.7 Å². The van der Waals surface area contributed by atoms with Crippen molar-refractivity contribution < 1.29 is 4.79 Å². The molecule has 0 bridgehead atoms. The molecule has 0 saturated carbocycles. The average molecular weight is 302 g/mol. The van der Waals surface area contributed by atoms with Gasteiger partial charge in [-0.3, -0.25) is 4.79 Å². The van der Waals surface area contributed by atoms with Crippen LogP contribution in [0.4, 0.5) is 5.69 Å². The predicted molar refractivity (Wildman–Crippen MR) is 84.1 cm³/mol. The van der Waals surface area contributed by atoms with Crippen LogP contribution in [0.15, 0.2) is 46.0 Å². The molecule has 102 valence electrons. The van der Waals surface area contributed by atoms with Crippen LogP contribution in [0.1, 0.15) is 18.4 Å². The molecule has 1 aromatic carbocycles. The highest BCUT2D eigenvalue weighted by atomic mass is 32.2. The molecule has 3 nitrogen and oxygen atoms in total. The fourth-order valence-electron chi connectivity index (χ4n) is 1.65. The number of para-hydroxylation sites is 1. The van der Waals surface area contributed by atoms with Crippen LogP contribution in [0.5, 0.6) is 0 Å². The second-order valence-corrected chi connectivity index (χ2v) is 6.43. The Labute approximate surface area is 126 Å². The summed E-state index contributed by atoms with van der Waals surface area (Å²) < 4.78 is 1.28. The number of anilines is 1. The minimum atomic E-state index is -0.0421. The molecule has 5 heteroatoms. The highest BCUT2D eigenvalue weighted by Gasteiger charge is 2.06. The van der Waals surface area contributed by atoms with Crippen molar-refractivity contribution in [2.75, 3.05) is 11.1 Å². The van der Waals surface area contributed by atoms with Gasteiger partial charge in [-0.15, -0.1) is 23.1 Å². The van der Waals surface area contributed by atoms with Crippen LogP contribution in [-0.4, -0.2) is 11.7 Å². The van der Waals surface area contributed by atoms with Crippen LogP contribution in [0.25, 0.3) is 0 Å². The van der Waals surface area contributed by atoms with E-state index < -0.39 is 0 Å². The van der Waals surface area contributed by atoms with Crippen molar-refractivity contribution in [1.82, 2.24) is 0 Å². The molecule has 1 amide bonds. The van der Waals surface area contributed by atoms with Gasteiger partial charge in [0.05, 0.1) is 15.5 Å². The number of carbonyl (C=O) groups excluding carboxylic acids is 1. The normalized spacial score (nSPS) is 9.95. The molecule has 0 fully saturated rings. The monoisotopic (exact) mass is 302 g/mol. The highest BCUT2D eigenvalue weighted by molar-refractivity contribution is 8.01. The van der Waals surface area contributed by atoms with Gasteiger partial charge in [0.15, 0.2) is 0 Å². The number of carbonyl (C=O) groups is 1. The van der Waals surface area contributed by atoms with Crippen molar-refractivity contribution in [3.05, 3.63) is 47.3 Å². The predicted octanol–water partition coefficient (Wildman–Crippen LogP) is 4.13. The van der Waals surface area contributed by atoms with Crippen molar-refractivity contribution in [2.45, 2.75) is 17.1 Å². The molecular formula is C15H14N2OS2. The molecule has 1 heterocycles. The van der Waals surface area contributed by atoms with Gasteiger partial charge in [-0.2, -0.15) is 5.26 Å². The Hall–Kier alpha value is -1.77. The molecule has 0 aliphatic carbocycles. The lowest BCUT2D eigenvalue weighted by molar-refractivity contribution is -0.116. The Morgan fingerprint density at radius 1 is 1.30 bits per heavy atom. The largest absolute Gasteiger partial charge is 0.325 e. The molecule has 0 unspecified atom stereocenters. The molecule has 0 radical (unpaired) electrons. The number of nitriles is 1. The standard InChI is InChI=1S/C15H14N2OS2/c16-11-12-5-1-2-6-13(12)17-14(18)7-3-9-19-15-8-4-10-20-15/h1-2,4-6,8,10H,3,7,9H2,(H,17,18). The van der Waals surface area contributed by atoms with Gasteiger partial charge in [-0.25, -0.2) is 0 Å². The lowest BCUT2D eigenvalue weighted by atomic mass is 10.2. The average Bonchev–Trinajstić information content (AvgIpc) is 2.97. The number of nitrogens with zero attached hydrogens (tertiary/aromatic N) is 1. The molecule has 0 saturated heterocycles. The summed E-state index contributed by atoms with van der Waals surface area (Å²) in [6, 6.07) is 13.2. The third-order valence-electron chi connectivity index (χ3n) is 2.61. The summed E-state index contributed by atoms with van der Waals surface area (Å²) in [6.07, 6.45) is 1.29. The maximum atomic E-state index is 11.8. The third kappa shape index (κ3) is 4.41. The molecular weight excluding hydrogens is 288 g/mol. The zero-order valence-corrected chi connectivity index (χ0v) is 12.5. The van der Waals surface area contributed by atoms with Gasteiger partial charge < -0.3 is 5.32 Å². The van der Waals surface area contributed by atoms with Crippen molar-refractivity contribution in [3.8, 4) is 6.07 Å².